The van der Waals surface area contributed by atoms with Crippen molar-refractivity contribution in [2.24, 2.45) is 0 Å². The lowest BCUT2D eigenvalue weighted by Crippen LogP contribution is -3.35. The van der Waals surface area contributed by atoms with Crippen molar-refractivity contribution < 1.29 is 29.6 Å². The number of carbonyl (C=O) groups is 2. The molecule has 0 unspecified atom stereocenters. The first kappa shape index (κ1) is 14.5. The number of hydrogen-bond donors (Lipinski definition) is 2. The van der Waals surface area contributed by atoms with Crippen LogP contribution < -0.4 is 20.0 Å². The summed E-state index contributed by atoms with van der Waals surface area (Å²) in [6, 6.07) is 4.61. The van der Waals surface area contributed by atoms with Crippen LogP contribution in [0.25, 0.3) is 0 Å². The van der Waals surface area contributed by atoms with Gasteiger partial charge < -0.3 is 29.6 Å². The number of hydrogen-bond acceptors (Lipinski definition) is 4. The number of nitrogens with one attached hydrogen (secondary N) is 2. The van der Waals surface area contributed by atoms with Gasteiger partial charge in [-0.05, 0) is 11.1 Å². The summed E-state index contributed by atoms with van der Waals surface area (Å²) in [5.74, 6) is -2.67. The Kier molecular flexibility index (Phi) is 4.70. The van der Waals surface area contributed by atoms with Gasteiger partial charge in [-0.1, -0.05) is 24.3 Å². The van der Waals surface area contributed by atoms with E-state index in [4.69, 9.17) is 0 Å². The molecule has 0 aromatic heterocycles. The van der Waals surface area contributed by atoms with Crippen LogP contribution in [-0.2, 0) is 0 Å². The highest BCUT2D eigenvalue weighted by Crippen LogP contribution is 2.01. The molecule has 1 aromatic carbocycles. The summed E-state index contributed by atoms with van der Waals surface area (Å²) in [6.07, 6.45) is 0. The summed E-state index contributed by atoms with van der Waals surface area (Å²) in [6.45, 7) is 8.64. The molecule has 20 heavy (non-hydrogen) atoms. The largest absolute Gasteiger partial charge is 0.545 e. The molecular formula is C14H18N2O4. The molecule has 2 bridgehead atoms. The van der Waals surface area contributed by atoms with Crippen LogP contribution in [0.15, 0.2) is 24.3 Å². The Bertz CT molecular complexity index is 422. The van der Waals surface area contributed by atoms with Crippen molar-refractivity contribution in [3.05, 3.63) is 35.4 Å². The Morgan fingerprint density at radius 1 is 0.700 bits per heavy atom. The SMILES string of the molecule is C1C[NH+]2CC[NH+]1CC2.O=C([O-])c1ccc(C(=O)[O-])cc1. The van der Waals surface area contributed by atoms with Crippen LogP contribution in [0, 0.1) is 0 Å². The first-order chi connectivity index (χ1) is 9.56. The number of carbonyl (C=O) groups excluding carboxylic acids is 2. The predicted octanol–water partition coefficient (Wildman–Crippen LogP) is -4.80. The second-order valence-corrected chi connectivity index (χ2v) is 5.15. The molecule has 3 aliphatic heterocycles. The highest BCUT2D eigenvalue weighted by molar-refractivity contribution is 5.89. The quantitative estimate of drug-likeness (QED) is 0.568. The average Bonchev–Trinajstić information content (AvgIpc) is 2.50. The van der Waals surface area contributed by atoms with Gasteiger partial charge in [0.05, 0.1) is 11.9 Å². The van der Waals surface area contributed by atoms with Crippen molar-refractivity contribution in [2.75, 3.05) is 39.3 Å². The molecule has 4 rings (SSSR count). The van der Waals surface area contributed by atoms with Crippen LogP contribution in [0.4, 0.5) is 0 Å². The second kappa shape index (κ2) is 6.49. The maximum atomic E-state index is 10.2. The molecule has 0 radical (unpaired) electrons. The minimum Gasteiger partial charge on any atom is -0.545 e. The molecule has 3 aliphatic rings. The zero-order chi connectivity index (χ0) is 14.5. The second-order valence-electron chi connectivity index (χ2n) is 5.15. The standard InChI is InChI=1S/C8H6O4.C6H12N2/c9-7(10)5-1-2-6(4-3-5)8(11)12;1-2-8-5-3-7(1)4-6-8/h1-4H,(H,9,10)(H,11,12);1-6H2. The molecule has 0 atom stereocenters. The van der Waals surface area contributed by atoms with Crippen LogP contribution in [0.1, 0.15) is 20.7 Å². The fraction of sp³-hybridized carbons (Fsp3) is 0.429. The lowest BCUT2D eigenvalue weighted by molar-refractivity contribution is -1.06. The number of fused-ring (bicyclic) bond motifs is 3. The number of carboxylic acid groups (broad SMARTS) is 2. The van der Waals surface area contributed by atoms with Crippen LogP contribution in [0.5, 0.6) is 0 Å². The van der Waals surface area contributed by atoms with E-state index in [9.17, 15) is 19.8 Å². The third-order valence-electron chi connectivity index (χ3n) is 3.85. The zero-order valence-electron chi connectivity index (χ0n) is 11.2. The van der Waals surface area contributed by atoms with Crippen LogP contribution in [0.3, 0.4) is 0 Å². The van der Waals surface area contributed by atoms with Crippen LogP contribution in [0.2, 0.25) is 0 Å². The fourth-order valence-corrected chi connectivity index (χ4v) is 2.55. The van der Waals surface area contributed by atoms with E-state index in [1.807, 2.05) is 9.80 Å². The lowest BCUT2D eigenvalue weighted by Gasteiger charge is -2.35. The average molecular weight is 278 g/mol. The molecule has 3 saturated heterocycles. The molecule has 1 aromatic rings. The van der Waals surface area contributed by atoms with Gasteiger partial charge in [-0.25, -0.2) is 0 Å². The summed E-state index contributed by atoms with van der Waals surface area (Å²) in [5, 5.41) is 20.4. The highest BCUT2D eigenvalue weighted by atomic mass is 16.4. The van der Waals surface area contributed by atoms with Gasteiger partial charge >= 0.3 is 0 Å². The van der Waals surface area contributed by atoms with E-state index in [-0.39, 0.29) is 11.1 Å². The van der Waals surface area contributed by atoms with Gasteiger partial charge in [0, 0.05) is 0 Å². The first-order valence-corrected chi connectivity index (χ1v) is 6.76. The molecule has 3 heterocycles. The van der Waals surface area contributed by atoms with E-state index in [0.29, 0.717) is 0 Å². The number of quaternary nitrogens is 2. The number of benzene rings is 1. The van der Waals surface area contributed by atoms with Gasteiger partial charge in [0.1, 0.15) is 39.3 Å². The molecule has 0 amide bonds. The van der Waals surface area contributed by atoms with Crippen molar-refractivity contribution in [1.82, 2.24) is 0 Å². The van der Waals surface area contributed by atoms with Gasteiger partial charge in [0.25, 0.3) is 0 Å². The third-order valence-corrected chi connectivity index (χ3v) is 3.85. The Morgan fingerprint density at radius 2 is 0.950 bits per heavy atom. The summed E-state index contributed by atoms with van der Waals surface area (Å²) in [4.78, 5) is 24.1. The van der Waals surface area contributed by atoms with E-state index >= 15 is 0 Å². The Balaban J connectivity index is 0.000000157. The van der Waals surface area contributed by atoms with Crippen molar-refractivity contribution in [1.29, 1.82) is 0 Å². The molecule has 6 nitrogen and oxygen atoms in total. The fourth-order valence-electron chi connectivity index (χ4n) is 2.55. The number of carboxylic acids is 2. The van der Waals surface area contributed by atoms with Gasteiger partial charge in [0.2, 0.25) is 0 Å². The Morgan fingerprint density at radius 3 is 1.10 bits per heavy atom. The molecule has 0 aliphatic carbocycles. The van der Waals surface area contributed by atoms with Crippen LogP contribution >= 0.6 is 0 Å². The Hall–Kier alpha value is -1.92. The molecule has 2 N–H and O–H groups in total. The third kappa shape index (κ3) is 3.79. The Labute approximate surface area is 117 Å². The van der Waals surface area contributed by atoms with Crippen molar-refractivity contribution in [3.8, 4) is 0 Å². The smallest absolute Gasteiger partial charge is 0.127 e. The van der Waals surface area contributed by atoms with E-state index in [2.05, 4.69) is 0 Å². The van der Waals surface area contributed by atoms with Crippen molar-refractivity contribution in [3.63, 3.8) is 0 Å². The monoisotopic (exact) mass is 278 g/mol. The molecule has 108 valence electrons. The maximum Gasteiger partial charge on any atom is 0.127 e. The van der Waals surface area contributed by atoms with E-state index in [1.54, 1.807) is 0 Å². The normalized spacial score (nSPS) is 23.6. The number of piperazine rings is 3. The van der Waals surface area contributed by atoms with Crippen molar-refractivity contribution >= 4 is 11.9 Å². The lowest BCUT2D eigenvalue weighted by atomic mass is 10.1. The zero-order valence-corrected chi connectivity index (χ0v) is 11.2. The van der Waals surface area contributed by atoms with E-state index < -0.39 is 11.9 Å². The van der Waals surface area contributed by atoms with E-state index in [0.717, 1.165) is 24.3 Å². The topological polar surface area (TPSA) is 89.1 Å². The maximum absolute atomic E-state index is 10.2. The first-order valence-electron chi connectivity index (χ1n) is 6.76. The molecule has 0 spiro atoms. The minimum absolute atomic E-state index is 0.0556. The molecule has 3 fully saturated rings. The summed E-state index contributed by atoms with van der Waals surface area (Å²) >= 11 is 0. The van der Waals surface area contributed by atoms with E-state index in [1.165, 1.54) is 39.3 Å². The number of aromatic carboxylic acids is 2. The molecular weight excluding hydrogens is 260 g/mol. The summed E-state index contributed by atoms with van der Waals surface area (Å²) < 4.78 is 0. The van der Waals surface area contributed by atoms with Crippen LogP contribution in [-0.4, -0.2) is 51.2 Å². The number of rotatable bonds is 2. The van der Waals surface area contributed by atoms with Gasteiger partial charge in [-0.2, -0.15) is 0 Å². The van der Waals surface area contributed by atoms with Gasteiger partial charge in [-0.3, -0.25) is 0 Å². The predicted molar refractivity (Wildman–Crippen MR) is 66.2 cm³/mol. The molecule has 6 heteroatoms. The summed E-state index contributed by atoms with van der Waals surface area (Å²) in [7, 11) is 0. The van der Waals surface area contributed by atoms with Gasteiger partial charge in [-0.15, -0.1) is 0 Å². The highest BCUT2D eigenvalue weighted by Gasteiger charge is 2.29. The van der Waals surface area contributed by atoms with Crippen molar-refractivity contribution in [2.45, 2.75) is 0 Å². The molecule has 0 saturated carbocycles. The van der Waals surface area contributed by atoms with Gasteiger partial charge in [0.15, 0.2) is 0 Å². The summed E-state index contributed by atoms with van der Waals surface area (Å²) in [5.41, 5.74) is -0.111. The minimum atomic E-state index is -1.33.